The van der Waals surface area contributed by atoms with Crippen LogP contribution in [0.1, 0.15) is 38.7 Å². The summed E-state index contributed by atoms with van der Waals surface area (Å²) in [6.45, 7) is 3.20. The lowest BCUT2D eigenvalue weighted by Gasteiger charge is -2.37. The highest BCUT2D eigenvalue weighted by atomic mass is 19.4. The van der Waals surface area contributed by atoms with Crippen LogP contribution in [-0.2, 0) is 11.2 Å². The Hall–Kier alpha value is -1.63. The molecule has 128 valence electrons. The first kappa shape index (κ1) is 17.7. The summed E-state index contributed by atoms with van der Waals surface area (Å²) in [4.78, 5) is 11.5. The van der Waals surface area contributed by atoms with Crippen LogP contribution in [0, 0.1) is 5.82 Å². The number of carbonyl (C=O) groups excluding carboxylic acids is 1. The second kappa shape index (κ2) is 6.47. The van der Waals surface area contributed by atoms with Crippen LogP contribution in [0.4, 0.5) is 17.6 Å². The van der Waals surface area contributed by atoms with Gasteiger partial charge in [-0.15, -0.1) is 0 Å². The number of nitrogens with zero attached hydrogens (tertiary/aromatic N) is 1. The van der Waals surface area contributed by atoms with Crippen molar-refractivity contribution in [3.63, 3.8) is 0 Å². The predicted molar refractivity (Wildman–Crippen MR) is 77.9 cm³/mol. The van der Waals surface area contributed by atoms with Crippen molar-refractivity contribution in [3.05, 3.63) is 35.6 Å². The van der Waals surface area contributed by atoms with E-state index in [1.165, 1.54) is 6.07 Å². The molecule has 0 saturated carbocycles. The number of amides is 1. The SMILES string of the molecule is CC1(C)CC(=O)NN1C(CCCc1ccccc1F)C(F)(F)F. The van der Waals surface area contributed by atoms with E-state index in [1.807, 2.05) is 0 Å². The Balaban J connectivity index is 2.06. The van der Waals surface area contributed by atoms with Crippen LogP contribution in [0.5, 0.6) is 0 Å². The molecule has 1 N–H and O–H groups in total. The van der Waals surface area contributed by atoms with E-state index in [0.717, 1.165) is 5.01 Å². The third-order valence-electron chi connectivity index (χ3n) is 4.06. The quantitative estimate of drug-likeness (QED) is 0.836. The van der Waals surface area contributed by atoms with E-state index in [0.29, 0.717) is 5.56 Å². The van der Waals surface area contributed by atoms with Gasteiger partial charge >= 0.3 is 6.18 Å². The van der Waals surface area contributed by atoms with Crippen LogP contribution in [0.3, 0.4) is 0 Å². The first-order chi connectivity index (χ1) is 10.6. The number of halogens is 4. The summed E-state index contributed by atoms with van der Waals surface area (Å²) in [6.07, 6.45) is -4.26. The maximum absolute atomic E-state index is 13.5. The van der Waals surface area contributed by atoms with E-state index in [4.69, 9.17) is 0 Å². The van der Waals surface area contributed by atoms with E-state index in [2.05, 4.69) is 5.43 Å². The fraction of sp³-hybridized carbons (Fsp3) is 0.562. The molecule has 7 heteroatoms. The summed E-state index contributed by atoms with van der Waals surface area (Å²) >= 11 is 0. The average molecular weight is 332 g/mol. The van der Waals surface area contributed by atoms with E-state index in [-0.39, 0.29) is 25.7 Å². The van der Waals surface area contributed by atoms with Crippen molar-refractivity contribution in [2.75, 3.05) is 0 Å². The highest BCUT2D eigenvalue weighted by molar-refractivity contribution is 5.78. The summed E-state index contributed by atoms with van der Waals surface area (Å²) in [5.74, 6) is -0.829. The molecule has 1 fully saturated rings. The van der Waals surface area contributed by atoms with E-state index < -0.39 is 29.5 Å². The highest BCUT2D eigenvalue weighted by Crippen LogP contribution is 2.35. The Kier molecular flexibility index (Phi) is 4.98. The van der Waals surface area contributed by atoms with Crippen LogP contribution in [0.25, 0.3) is 0 Å². The first-order valence-corrected chi connectivity index (χ1v) is 7.50. The molecule has 0 aromatic heterocycles. The minimum absolute atomic E-state index is 0.0207. The van der Waals surface area contributed by atoms with Crippen molar-refractivity contribution < 1.29 is 22.4 Å². The lowest BCUT2D eigenvalue weighted by atomic mass is 9.97. The molecule has 1 heterocycles. The lowest BCUT2D eigenvalue weighted by Crippen LogP contribution is -2.56. The molecular formula is C16H20F4N2O. The normalized spacial score (nSPS) is 19.7. The number of carbonyl (C=O) groups is 1. The van der Waals surface area contributed by atoms with E-state index >= 15 is 0 Å². The van der Waals surface area contributed by atoms with Crippen molar-refractivity contribution in [1.29, 1.82) is 0 Å². The number of aryl methyl sites for hydroxylation is 1. The maximum atomic E-state index is 13.5. The number of hydrogen-bond acceptors (Lipinski definition) is 2. The molecule has 0 radical (unpaired) electrons. The molecule has 0 aliphatic carbocycles. The molecule has 1 atom stereocenters. The minimum Gasteiger partial charge on any atom is -0.288 e. The van der Waals surface area contributed by atoms with Gasteiger partial charge in [0.25, 0.3) is 0 Å². The number of alkyl halides is 3. The lowest BCUT2D eigenvalue weighted by molar-refractivity contribution is -0.202. The number of nitrogens with one attached hydrogen (secondary N) is 1. The standard InChI is InChI=1S/C16H20F4N2O/c1-15(2)10-14(23)21-22(15)13(16(18,19)20)9-5-7-11-6-3-4-8-12(11)17/h3-4,6,8,13H,5,7,9-10H2,1-2H3,(H,21,23). The molecule has 1 amide bonds. The molecule has 1 saturated heterocycles. The van der Waals surface area contributed by atoms with Crippen LogP contribution in [-0.4, -0.2) is 28.7 Å². The van der Waals surface area contributed by atoms with Crippen molar-refractivity contribution in [3.8, 4) is 0 Å². The zero-order valence-electron chi connectivity index (χ0n) is 13.1. The summed E-state index contributed by atoms with van der Waals surface area (Å²) in [5, 5.41) is 0.997. The van der Waals surface area contributed by atoms with Gasteiger partial charge in [0.05, 0.1) is 0 Å². The second-order valence-corrected chi connectivity index (χ2v) is 6.44. The van der Waals surface area contributed by atoms with Crippen molar-refractivity contribution in [2.45, 2.75) is 57.3 Å². The Labute approximate surface area is 132 Å². The Morgan fingerprint density at radius 2 is 1.96 bits per heavy atom. The molecule has 1 aliphatic rings. The van der Waals surface area contributed by atoms with Gasteiger partial charge in [0.1, 0.15) is 11.9 Å². The molecule has 23 heavy (non-hydrogen) atoms. The molecule has 0 spiro atoms. The minimum atomic E-state index is -4.47. The van der Waals surface area contributed by atoms with Gasteiger partial charge < -0.3 is 0 Å². The average Bonchev–Trinajstić information content (AvgIpc) is 2.68. The highest BCUT2D eigenvalue weighted by Gasteiger charge is 2.51. The van der Waals surface area contributed by atoms with Crippen molar-refractivity contribution in [2.24, 2.45) is 0 Å². The fourth-order valence-corrected chi connectivity index (χ4v) is 2.93. The molecule has 1 aromatic carbocycles. The van der Waals surface area contributed by atoms with Gasteiger partial charge in [-0.2, -0.15) is 13.2 Å². The molecular weight excluding hydrogens is 312 g/mol. The monoisotopic (exact) mass is 332 g/mol. The predicted octanol–water partition coefficient (Wildman–Crippen LogP) is 3.59. The summed E-state index contributed by atoms with van der Waals surface area (Å²) in [5.41, 5.74) is 1.80. The summed E-state index contributed by atoms with van der Waals surface area (Å²) < 4.78 is 53.7. The molecule has 0 bridgehead atoms. The fourth-order valence-electron chi connectivity index (χ4n) is 2.93. The van der Waals surface area contributed by atoms with Gasteiger partial charge in [0.2, 0.25) is 5.91 Å². The number of benzene rings is 1. The topological polar surface area (TPSA) is 32.3 Å². The van der Waals surface area contributed by atoms with Crippen molar-refractivity contribution >= 4 is 5.91 Å². The van der Waals surface area contributed by atoms with E-state index in [1.54, 1.807) is 32.0 Å². The first-order valence-electron chi connectivity index (χ1n) is 7.50. The number of hydrogen-bond donors (Lipinski definition) is 1. The van der Waals surface area contributed by atoms with Crippen molar-refractivity contribution in [1.82, 2.24) is 10.4 Å². The van der Waals surface area contributed by atoms with Gasteiger partial charge in [0.15, 0.2) is 0 Å². The van der Waals surface area contributed by atoms with Crippen LogP contribution in [0.15, 0.2) is 24.3 Å². The summed E-state index contributed by atoms with van der Waals surface area (Å²) in [7, 11) is 0. The number of hydrazine groups is 1. The third kappa shape index (κ3) is 4.22. The van der Waals surface area contributed by atoms with Gasteiger partial charge in [-0.05, 0) is 44.7 Å². The van der Waals surface area contributed by atoms with Gasteiger partial charge in [-0.1, -0.05) is 18.2 Å². The Morgan fingerprint density at radius 1 is 1.30 bits per heavy atom. The Bertz CT molecular complexity index is 571. The smallest absolute Gasteiger partial charge is 0.288 e. The maximum Gasteiger partial charge on any atom is 0.405 e. The molecule has 2 rings (SSSR count). The van der Waals surface area contributed by atoms with E-state index in [9.17, 15) is 22.4 Å². The molecule has 1 unspecified atom stereocenters. The van der Waals surface area contributed by atoms with Crippen LogP contribution >= 0.6 is 0 Å². The zero-order valence-corrected chi connectivity index (χ0v) is 13.1. The van der Waals surface area contributed by atoms with Gasteiger partial charge in [0, 0.05) is 12.0 Å². The zero-order chi connectivity index (χ0) is 17.3. The summed E-state index contributed by atoms with van der Waals surface area (Å²) in [6, 6.07) is 4.28. The van der Waals surface area contributed by atoms with Crippen LogP contribution in [0.2, 0.25) is 0 Å². The van der Waals surface area contributed by atoms with Gasteiger partial charge in [-0.25, -0.2) is 9.40 Å². The largest absolute Gasteiger partial charge is 0.405 e. The number of rotatable bonds is 5. The third-order valence-corrected chi connectivity index (χ3v) is 4.06. The molecule has 3 nitrogen and oxygen atoms in total. The van der Waals surface area contributed by atoms with Gasteiger partial charge in [-0.3, -0.25) is 10.2 Å². The second-order valence-electron chi connectivity index (χ2n) is 6.44. The Morgan fingerprint density at radius 3 is 2.48 bits per heavy atom. The molecule has 1 aliphatic heterocycles. The van der Waals surface area contributed by atoms with Crippen LogP contribution < -0.4 is 5.43 Å². The molecule has 1 aromatic rings.